The highest BCUT2D eigenvalue weighted by molar-refractivity contribution is 9.10. The van der Waals surface area contributed by atoms with Crippen molar-refractivity contribution in [2.75, 3.05) is 0 Å². The van der Waals surface area contributed by atoms with Crippen LogP contribution in [0.4, 0.5) is 0 Å². The second kappa shape index (κ2) is 5.13. The van der Waals surface area contributed by atoms with Crippen molar-refractivity contribution in [3.8, 4) is 11.8 Å². The molecule has 0 unspecified atom stereocenters. The first-order valence-electron chi connectivity index (χ1n) is 5.42. The molecule has 18 heavy (non-hydrogen) atoms. The lowest BCUT2D eigenvalue weighted by molar-refractivity contribution is 0.845. The van der Waals surface area contributed by atoms with E-state index in [0.29, 0.717) is 11.4 Å². The first-order chi connectivity index (χ1) is 8.54. The number of halogens is 2. The summed E-state index contributed by atoms with van der Waals surface area (Å²) in [7, 11) is 0. The van der Waals surface area contributed by atoms with Crippen molar-refractivity contribution in [3.63, 3.8) is 0 Å². The van der Waals surface area contributed by atoms with E-state index >= 15 is 0 Å². The van der Waals surface area contributed by atoms with Crippen LogP contribution in [-0.4, -0.2) is 9.78 Å². The molecule has 0 saturated heterocycles. The fourth-order valence-corrected chi connectivity index (χ4v) is 2.58. The van der Waals surface area contributed by atoms with Gasteiger partial charge in [0.25, 0.3) is 0 Å². The lowest BCUT2D eigenvalue weighted by Gasteiger charge is -2.05. The van der Waals surface area contributed by atoms with Gasteiger partial charge in [-0.15, -0.1) is 0 Å². The SMILES string of the molecule is Cc1ccc(-n2nc(C)c(CC#N)c2Br)cc1Cl. The van der Waals surface area contributed by atoms with E-state index in [9.17, 15) is 0 Å². The van der Waals surface area contributed by atoms with Crippen molar-refractivity contribution in [1.29, 1.82) is 5.26 Å². The van der Waals surface area contributed by atoms with Gasteiger partial charge in [0.05, 0.1) is 23.9 Å². The fraction of sp³-hybridized carbons (Fsp3) is 0.231. The van der Waals surface area contributed by atoms with E-state index in [4.69, 9.17) is 16.9 Å². The molecule has 1 aromatic carbocycles. The molecule has 0 amide bonds. The normalized spacial score (nSPS) is 10.4. The van der Waals surface area contributed by atoms with Crippen LogP contribution in [-0.2, 0) is 6.42 Å². The maximum atomic E-state index is 8.80. The third kappa shape index (κ3) is 2.29. The monoisotopic (exact) mass is 323 g/mol. The summed E-state index contributed by atoms with van der Waals surface area (Å²) < 4.78 is 2.56. The molecule has 0 N–H and O–H groups in total. The Bertz CT molecular complexity index is 640. The van der Waals surface area contributed by atoms with Gasteiger partial charge in [0.15, 0.2) is 0 Å². The first-order valence-corrected chi connectivity index (χ1v) is 6.59. The summed E-state index contributed by atoms with van der Waals surface area (Å²) in [5, 5.41) is 13.9. The minimum Gasteiger partial charge on any atom is -0.226 e. The highest BCUT2D eigenvalue weighted by atomic mass is 79.9. The zero-order valence-corrected chi connectivity index (χ0v) is 12.4. The summed E-state index contributed by atoms with van der Waals surface area (Å²) in [4.78, 5) is 0. The minimum absolute atomic E-state index is 0.339. The van der Waals surface area contributed by atoms with Crippen LogP contribution in [0.2, 0.25) is 5.02 Å². The number of rotatable bonds is 2. The molecule has 0 saturated carbocycles. The highest BCUT2D eigenvalue weighted by Crippen LogP contribution is 2.26. The number of nitriles is 1. The minimum atomic E-state index is 0.339. The van der Waals surface area contributed by atoms with Crippen LogP contribution in [0.1, 0.15) is 16.8 Å². The molecule has 1 heterocycles. The predicted molar refractivity (Wildman–Crippen MR) is 75.1 cm³/mol. The fourth-order valence-electron chi connectivity index (χ4n) is 1.70. The van der Waals surface area contributed by atoms with Gasteiger partial charge in [-0.25, -0.2) is 4.68 Å². The summed E-state index contributed by atoms with van der Waals surface area (Å²) in [5.41, 5.74) is 3.66. The molecule has 5 heteroatoms. The van der Waals surface area contributed by atoms with Gasteiger partial charge in [-0.1, -0.05) is 17.7 Å². The average Bonchev–Trinajstić information content (AvgIpc) is 2.61. The summed E-state index contributed by atoms with van der Waals surface area (Å²) in [5.74, 6) is 0. The molecule has 0 aliphatic rings. The molecular weight excluding hydrogens is 314 g/mol. The highest BCUT2D eigenvalue weighted by Gasteiger charge is 2.14. The molecule has 2 aromatic rings. The van der Waals surface area contributed by atoms with Crippen LogP contribution in [0, 0.1) is 25.2 Å². The van der Waals surface area contributed by atoms with Gasteiger partial charge < -0.3 is 0 Å². The number of hydrogen-bond acceptors (Lipinski definition) is 2. The molecule has 1 aromatic heterocycles. The topological polar surface area (TPSA) is 41.6 Å². The number of benzene rings is 1. The maximum Gasteiger partial charge on any atom is 0.114 e. The van der Waals surface area contributed by atoms with Gasteiger partial charge in [0.1, 0.15) is 4.60 Å². The first kappa shape index (κ1) is 13.1. The number of hydrogen-bond donors (Lipinski definition) is 0. The number of aryl methyl sites for hydroxylation is 2. The lowest BCUT2D eigenvalue weighted by atomic mass is 10.2. The molecular formula is C13H11BrClN3. The zero-order valence-electron chi connectivity index (χ0n) is 10.0. The van der Waals surface area contributed by atoms with Crippen molar-refractivity contribution in [2.45, 2.75) is 20.3 Å². The third-order valence-electron chi connectivity index (χ3n) is 2.78. The zero-order chi connectivity index (χ0) is 13.3. The van der Waals surface area contributed by atoms with Gasteiger partial charge in [-0.05, 0) is 47.5 Å². The van der Waals surface area contributed by atoms with Crippen molar-refractivity contribution < 1.29 is 0 Å². The Morgan fingerprint density at radius 2 is 2.17 bits per heavy atom. The Labute approximate surface area is 119 Å². The van der Waals surface area contributed by atoms with E-state index in [-0.39, 0.29) is 0 Å². The third-order valence-corrected chi connectivity index (χ3v) is 4.00. The van der Waals surface area contributed by atoms with Crippen LogP contribution in [0.3, 0.4) is 0 Å². The van der Waals surface area contributed by atoms with Crippen molar-refractivity contribution >= 4 is 27.5 Å². The summed E-state index contributed by atoms with van der Waals surface area (Å²) >= 11 is 9.60. The van der Waals surface area contributed by atoms with Crippen LogP contribution in [0.15, 0.2) is 22.8 Å². The van der Waals surface area contributed by atoms with Crippen molar-refractivity contribution in [2.24, 2.45) is 0 Å². The standard InChI is InChI=1S/C13H11BrClN3/c1-8-3-4-10(7-12(8)15)18-13(14)11(5-6-16)9(2)17-18/h3-4,7H,5H2,1-2H3. The molecule has 0 spiro atoms. The Balaban J connectivity index is 2.55. The molecule has 92 valence electrons. The average molecular weight is 325 g/mol. The summed E-state index contributed by atoms with van der Waals surface area (Å²) in [6.45, 7) is 3.85. The van der Waals surface area contributed by atoms with E-state index in [1.165, 1.54) is 0 Å². The van der Waals surface area contributed by atoms with Gasteiger partial charge in [-0.2, -0.15) is 10.4 Å². The Morgan fingerprint density at radius 1 is 1.44 bits per heavy atom. The summed E-state index contributed by atoms with van der Waals surface area (Å²) in [6.07, 6.45) is 0.339. The van der Waals surface area contributed by atoms with Gasteiger partial charge in [0, 0.05) is 10.6 Å². The molecule has 0 radical (unpaired) electrons. The van der Waals surface area contributed by atoms with Crippen LogP contribution in [0.25, 0.3) is 5.69 Å². The number of nitrogens with zero attached hydrogens (tertiary/aromatic N) is 3. The molecule has 0 aliphatic heterocycles. The van der Waals surface area contributed by atoms with E-state index in [1.807, 2.05) is 32.0 Å². The second-order valence-corrected chi connectivity index (χ2v) is 5.19. The molecule has 0 fully saturated rings. The quantitative estimate of drug-likeness (QED) is 0.838. The smallest absolute Gasteiger partial charge is 0.114 e. The van der Waals surface area contributed by atoms with Crippen molar-refractivity contribution in [3.05, 3.63) is 44.6 Å². The Hall–Kier alpha value is -1.31. The van der Waals surface area contributed by atoms with Gasteiger partial charge >= 0.3 is 0 Å². The maximum absolute atomic E-state index is 8.80. The van der Waals surface area contributed by atoms with E-state index < -0.39 is 0 Å². The summed E-state index contributed by atoms with van der Waals surface area (Å²) in [6, 6.07) is 7.91. The molecule has 0 atom stereocenters. The molecule has 0 aliphatic carbocycles. The number of aromatic nitrogens is 2. The van der Waals surface area contributed by atoms with E-state index in [1.54, 1.807) is 4.68 Å². The second-order valence-electron chi connectivity index (χ2n) is 4.03. The van der Waals surface area contributed by atoms with Crippen molar-refractivity contribution in [1.82, 2.24) is 9.78 Å². The largest absolute Gasteiger partial charge is 0.226 e. The molecule has 2 rings (SSSR count). The Morgan fingerprint density at radius 3 is 2.78 bits per heavy atom. The van der Waals surface area contributed by atoms with E-state index in [0.717, 1.165) is 27.1 Å². The Kier molecular flexibility index (Phi) is 3.74. The predicted octanol–water partition coefficient (Wildman–Crippen LogP) is 3.97. The lowest BCUT2D eigenvalue weighted by Crippen LogP contribution is -1.97. The molecule has 0 bridgehead atoms. The van der Waals surface area contributed by atoms with Gasteiger partial charge in [-0.3, -0.25) is 0 Å². The van der Waals surface area contributed by atoms with Crippen LogP contribution < -0.4 is 0 Å². The van der Waals surface area contributed by atoms with Crippen LogP contribution >= 0.6 is 27.5 Å². The van der Waals surface area contributed by atoms with E-state index in [2.05, 4.69) is 27.1 Å². The molecule has 3 nitrogen and oxygen atoms in total. The van der Waals surface area contributed by atoms with Gasteiger partial charge in [0.2, 0.25) is 0 Å². The van der Waals surface area contributed by atoms with Crippen LogP contribution in [0.5, 0.6) is 0 Å².